The number of likely N-dealkylation sites (N-methyl/N-ethyl adjacent to an activating group) is 1. The Morgan fingerprint density at radius 1 is 1.59 bits per heavy atom. The van der Waals surface area contributed by atoms with Gasteiger partial charge in [-0.25, -0.2) is 0 Å². The highest BCUT2D eigenvalue weighted by atomic mass is 127. The number of benzene rings is 1. The molecule has 0 saturated carbocycles. The van der Waals surface area contributed by atoms with E-state index in [1.54, 1.807) is 6.07 Å². The molecule has 1 aliphatic rings. The number of nitro groups is 1. The normalized spacial score (nSPS) is 15.4. The van der Waals surface area contributed by atoms with Gasteiger partial charge in [-0.2, -0.15) is 0 Å². The lowest BCUT2D eigenvalue weighted by molar-refractivity contribution is -0.385. The van der Waals surface area contributed by atoms with E-state index in [4.69, 9.17) is 0 Å². The predicted molar refractivity (Wildman–Crippen MR) is 75.5 cm³/mol. The van der Waals surface area contributed by atoms with Crippen molar-refractivity contribution in [3.05, 3.63) is 31.9 Å². The molecule has 92 valence electrons. The van der Waals surface area contributed by atoms with Gasteiger partial charge in [-0.1, -0.05) is 0 Å². The zero-order valence-electron chi connectivity index (χ0n) is 9.52. The van der Waals surface area contributed by atoms with E-state index in [1.165, 1.54) is 0 Å². The second-order valence-electron chi connectivity index (χ2n) is 3.99. The van der Waals surface area contributed by atoms with E-state index >= 15 is 0 Å². The molecule has 0 amide bonds. The quantitative estimate of drug-likeness (QED) is 0.514. The first-order valence-electron chi connectivity index (χ1n) is 5.54. The Labute approximate surface area is 113 Å². The van der Waals surface area contributed by atoms with Crippen molar-refractivity contribution in [2.75, 3.05) is 24.5 Å². The Morgan fingerprint density at radius 3 is 2.71 bits per heavy atom. The summed E-state index contributed by atoms with van der Waals surface area (Å²) >= 11 is 2.02. The number of anilines is 1. The van der Waals surface area contributed by atoms with E-state index < -0.39 is 0 Å². The largest absolute Gasteiger partial charge is 0.366 e. The highest BCUT2D eigenvalue weighted by molar-refractivity contribution is 14.1. The van der Waals surface area contributed by atoms with Crippen LogP contribution in [0.15, 0.2) is 18.2 Å². The van der Waals surface area contributed by atoms with Crippen LogP contribution in [0.4, 0.5) is 11.4 Å². The molecule has 1 saturated heterocycles. The van der Waals surface area contributed by atoms with E-state index in [0.29, 0.717) is 9.61 Å². The Kier molecular flexibility index (Phi) is 3.82. The summed E-state index contributed by atoms with van der Waals surface area (Å²) in [4.78, 5) is 12.7. The van der Waals surface area contributed by atoms with Crippen molar-refractivity contribution < 1.29 is 4.92 Å². The molecule has 2 rings (SSSR count). The Morgan fingerprint density at radius 2 is 2.29 bits per heavy atom. The Hall–Kier alpha value is -0.890. The van der Waals surface area contributed by atoms with E-state index in [2.05, 4.69) is 17.1 Å². The molecule has 0 aliphatic carbocycles. The lowest BCUT2D eigenvalue weighted by Gasteiger charge is -2.39. The van der Waals surface area contributed by atoms with Gasteiger partial charge in [-0.15, -0.1) is 0 Å². The molecule has 1 aliphatic heterocycles. The van der Waals surface area contributed by atoms with Crippen molar-refractivity contribution in [3.63, 3.8) is 0 Å². The van der Waals surface area contributed by atoms with Crippen LogP contribution < -0.4 is 10.2 Å². The third-order valence-corrected chi connectivity index (χ3v) is 3.87. The SMILES string of the molecule is CCN(c1ccc([N+](=O)[O-])c(I)c1)C1CNC1. The molecule has 0 spiro atoms. The van der Waals surface area contributed by atoms with E-state index in [0.717, 1.165) is 25.3 Å². The molecule has 1 fully saturated rings. The number of nitro benzene ring substituents is 1. The Bertz CT molecular complexity index is 435. The van der Waals surface area contributed by atoms with Crippen molar-refractivity contribution >= 4 is 34.0 Å². The van der Waals surface area contributed by atoms with Crippen molar-refractivity contribution in [1.82, 2.24) is 5.32 Å². The van der Waals surface area contributed by atoms with E-state index in [-0.39, 0.29) is 10.6 Å². The van der Waals surface area contributed by atoms with E-state index in [1.807, 2.05) is 34.7 Å². The van der Waals surface area contributed by atoms with Crippen LogP contribution in [0.5, 0.6) is 0 Å². The Balaban J connectivity index is 2.26. The van der Waals surface area contributed by atoms with Gasteiger partial charge in [-0.05, 0) is 41.6 Å². The van der Waals surface area contributed by atoms with Crippen LogP contribution in [-0.4, -0.2) is 30.6 Å². The number of nitrogens with one attached hydrogen (secondary N) is 1. The second kappa shape index (κ2) is 5.18. The summed E-state index contributed by atoms with van der Waals surface area (Å²) in [5.74, 6) is 0. The van der Waals surface area contributed by atoms with Crippen molar-refractivity contribution in [1.29, 1.82) is 0 Å². The van der Waals surface area contributed by atoms with Crippen molar-refractivity contribution in [2.24, 2.45) is 0 Å². The molecule has 0 bridgehead atoms. The smallest absolute Gasteiger partial charge is 0.282 e. The summed E-state index contributed by atoms with van der Waals surface area (Å²) in [6.07, 6.45) is 0. The molecular weight excluding hydrogens is 333 g/mol. The van der Waals surface area contributed by atoms with Crippen LogP contribution in [0.2, 0.25) is 0 Å². The minimum Gasteiger partial charge on any atom is -0.366 e. The number of halogens is 1. The molecule has 0 unspecified atom stereocenters. The highest BCUT2D eigenvalue weighted by Crippen LogP contribution is 2.27. The fraction of sp³-hybridized carbons (Fsp3) is 0.455. The molecule has 17 heavy (non-hydrogen) atoms. The van der Waals surface area contributed by atoms with Gasteiger partial charge >= 0.3 is 0 Å². The third-order valence-electron chi connectivity index (χ3n) is 3.00. The standard InChI is InChI=1S/C11H14IN3O2/c1-2-14(9-6-13-7-9)8-3-4-11(15(16)17)10(12)5-8/h3-5,9,13H,2,6-7H2,1H3. The van der Waals surface area contributed by atoms with Crippen molar-refractivity contribution in [2.45, 2.75) is 13.0 Å². The monoisotopic (exact) mass is 347 g/mol. The summed E-state index contributed by atoms with van der Waals surface area (Å²) < 4.78 is 0.691. The molecule has 5 nitrogen and oxygen atoms in total. The van der Waals surface area contributed by atoms with Gasteiger partial charge < -0.3 is 10.2 Å². The first kappa shape index (κ1) is 12.6. The zero-order chi connectivity index (χ0) is 12.4. The lowest BCUT2D eigenvalue weighted by atomic mass is 10.1. The van der Waals surface area contributed by atoms with Crippen LogP contribution in [0.1, 0.15) is 6.92 Å². The summed E-state index contributed by atoms with van der Waals surface area (Å²) in [7, 11) is 0. The van der Waals surface area contributed by atoms with Gasteiger partial charge in [0.05, 0.1) is 14.5 Å². The third kappa shape index (κ3) is 2.52. The number of hydrogen-bond donors (Lipinski definition) is 1. The van der Waals surface area contributed by atoms with Crippen LogP contribution in [0, 0.1) is 13.7 Å². The maximum absolute atomic E-state index is 10.8. The fourth-order valence-electron chi connectivity index (χ4n) is 1.97. The summed E-state index contributed by atoms with van der Waals surface area (Å²) in [5, 5.41) is 14.0. The van der Waals surface area contributed by atoms with Gasteiger partial charge in [0, 0.05) is 31.4 Å². The molecule has 0 atom stereocenters. The van der Waals surface area contributed by atoms with Gasteiger partial charge in [-0.3, -0.25) is 10.1 Å². The molecule has 1 aromatic rings. The number of hydrogen-bond acceptors (Lipinski definition) is 4. The first-order chi connectivity index (χ1) is 8.13. The number of rotatable bonds is 4. The minimum atomic E-state index is -0.341. The minimum absolute atomic E-state index is 0.178. The molecule has 0 aromatic heterocycles. The van der Waals surface area contributed by atoms with Crippen LogP contribution in [0.3, 0.4) is 0 Å². The second-order valence-corrected chi connectivity index (χ2v) is 5.15. The van der Waals surface area contributed by atoms with Crippen LogP contribution in [0.25, 0.3) is 0 Å². The van der Waals surface area contributed by atoms with Crippen LogP contribution >= 0.6 is 22.6 Å². The summed E-state index contributed by atoms with van der Waals surface area (Å²) in [6, 6.07) is 5.83. The molecule has 0 radical (unpaired) electrons. The van der Waals surface area contributed by atoms with Gasteiger partial charge in [0.15, 0.2) is 0 Å². The molecule has 1 N–H and O–H groups in total. The summed E-state index contributed by atoms with van der Waals surface area (Å²) in [5.41, 5.74) is 1.24. The average molecular weight is 347 g/mol. The van der Waals surface area contributed by atoms with Gasteiger partial charge in [0.2, 0.25) is 0 Å². The van der Waals surface area contributed by atoms with E-state index in [9.17, 15) is 10.1 Å². The fourth-order valence-corrected chi connectivity index (χ4v) is 2.66. The van der Waals surface area contributed by atoms with Crippen LogP contribution in [-0.2, 0) is 0 Å². The van der Waals surface area contributed by atoms with Crippen molar-refractivity contribution in [3.8, 4) is 0 Å². The topological polar surface area (TPSA) is 58.4 Å². The predicted octanol–water partition coefficient (Wildman–Crippen LogP) is 2.00. The lowest BCUT2D eigenvalue weighted by Crippen LogP contribution is -2.57. The van der Waals surface area contributed by atoms with Gasteiger partial charge in [0.25, 0.3) is 5.69 Å². The zero-order valence-corrected chi connectivity index (χ0v) is 11.7. The van der Waals surface area contributed by atoms with Gasteiger partial charge in [0.1, 0.15) is 0 Å². The maximum Gasteiger partial charge on any atom is 0.282 e. The molecule has 6 heteroatoms. The molecule has 1 aromatic carbocycles. The number of nitrogens with zero attached hydrogens (tertiary/aromatic N) is 2. The molecular formula is C11H14IN3O2. The first-order valence-corrected chi connectivity index (χ1v) is 6.62. The molecule has 1 heterocycles. The average Bonchev–Trinajstić information content (AvgIpc) is 2.22. The maximum atomic E-state index is 10.8. The highest BCUT2D eigenvalue weighted by Gasteiger charge is 2.24. The summed E-state index contributed by atoms with van der Waals surface area (Å²) in [6.45, 7) is 5.00.